The third-order valence-electron chi connectivity index (χ3n) is 2.83. The number of carbonyl (C=O) groups is 2. The summed E-state index contributed by atoms with van der Waals surface area (Å²) in [6.07, 6.45) is 0. The van der Waals surface area contributed by atoms with Crippen LogP contribution in [0, 0.1) is 0 Å². The molecule has 0 aliphatic carbocycles. The lowest BCUT2D eigenvalue weighted by Crippen LogP contribution is -2.18. The van der Waals surface area contributed by atoms with Crippen molar-refractivity contribution in [2.45, 2.75) is 0 Å². The molecule has 0 bridgehead atoms. The van der Waals surface area contributed by atoms with Gasteiger partial charge in [-0.05, 0) is 34.1 Å². The van der Waals surface area contributed by atoms with Crippen LogP contribution in [0.1, 0.15) is 20.8 Å². The molecule has 0 unspecified atom stereocenters. The van der Waals surface area contributed by atoms with Gasteiger partial charge in [0.1, 0.15) is 10.8 Å². The molecule has 0 aliphatic rings. The fraction of sp³-hybridized carbons (Fsp3) is 0.0769. The Bertz CT molecular complexity index is 743. The maximum atomic E-state index is 12.3. The van der Waals surface area contributed by atoms with Crippen LogP contribution in [0.25, 0.3) is 0 Å². The molecule has 21 heavy (non-hydrogen) atoms. The van der Waals surface area contributed by atoms with Gasteiger partial charge in [0, 0.05) is 11.5 Å². The van der Waals surface area contributed by atoms with E-state index in [-0.39, 0.29) is 27.1 Å². The zero-order valence-electron chi connectivity index (χ0n) is 10.7. The topological polar surface area (TPSA) is 71.3 Å². The third kappa shape index (κ3) is 3.07. The number of rotatable bonds is 3. The molecule has 8 heteroatoms. The summed E-state index contributed by atoms with van der Waals surface area (Å²) in [6, 6.07) is 6.01. The number of nitrogens with one attached hydrogen (secondary N) is 1. The van der Waals surface area contributed by atoms with E-state index < -0.39 is 11.9 Å². The molecule has 0 radical (unpaired) electrons. The minimum atomic E-state index is -1.14. The molecule has 1 heterocycles. The molecule has 1 amide bonds. The first kappa shape index (κ1) is 15.9. The number of aromatic nitrogens is 1. The van der Waals surface area contributed by atoms with Crippen LogP contribution < -0.4 is 5.32 Å². The summed E-state index contributed by atoms with van der Waals surface area (Å²) >= 11 is 15.0. The Morgan fingerprint density at radius 3 is 2.52 bits per heavy atom. The SMILES string of the molecule is Cn1c(C(=O)Nc2c(Br)cccc2C(=O)O)cc(Cl)c1Cl. The monoisotopic (exact) mass is 390 g/mol. The highest BCUT2D eigenvalue weighted by molar-refractivity contribution is 9.10. The average molecular weight is 392 g/mol. The van der Waals surface area contributed by atoms with Crippen LogP contribution in [0.3, 0.4) is 0 Å². The number of nitrogens with zero attached hydrogens (tertiary/aromatic N) is 1. The highest BCUT2D eigenvalue weighted by Crippen LogP contribution is 2.29. The van der Waals surface area contributed by atoms with Crippen LogP contribution in [-0.4, -0.2) is 21.6 Å². The van der Waals surface area contributed by atoms with Gasteiger partial charge < -0.3 is 15.0 Å². The van der Waals surface area contributed by atoms with Crippen LogP contribution in [0.15, 0.2) is 28.7 Å². The second-order valence-corrected chi connectivity index (χ2v) is 5.77. The minimum Gasteiger partial charge on any atom is -0.478 e. The van der Waals surface area contributed by atoms with Crippen LogP contribution in [0.5, 0.6) is 0 Å². The Labute approximate surface area is 138 Å². The first-order valence-corrected chi connectivity index (χ1v) is 7.21. The van der Waals surface area contributed by atoms with Crippen molar-refractivity contribution in [2.24, 2.45) is 7.05 Å². The molecular formula is C13H9BrCl2N2O3. The Morgan fingerprint density at radius 2 is 2.00 bits per heavy atom. The second kappa shape index (κ2) is 6.09. The summed E-state index contributed by atoms with van der Waals surface area (Å²) in [5, 5.41) is 12.2. The summed E-state index contributed by atoms with van der Waals surface area (Å²) < 4.78 is 1.87. The van der Waals surface area contributed by atoms with E-state index in [1.165, 1.54) is 16.7 Å². The lowest BCUT2D eigenvalue weighted by Gasteiger charge is -2.11. The molecule has 0 fully saturated rings. The number of hydrogen-bond acceptors (Lipinski definition) is 2. The second-order valence-electron chi connectivity index (χ2n) is 4.15. The Kier molecular flexibility index (Phi) is 4.61. The molecule has 2 aromatic rings. The molecular weight excluding hydrogens is 383 g/mol. The summed E-state index contributed by atoms with van der Waals surface area (Å²) in [5.41, 5.74) is 0.365. The van der Waals surface area contributed by atoms with E-state index in [9.17, 15) is 9.59 Å². The van der Waals surface area contributed by atoms with E-state index >= 15 is 0 Å². The van der Waals surface area contributed by atoms with Gasteiger partial charge in [0.25, 0.3) is 5.91 Å². The smallest absolute Gasteiger partial charge is 0.337 e. The maximum Gasteiger partial charge on any atom is 0.337 e. The predicted octanol–water partition coefficient (Wildman–Crippen LogP) is 4.04. The average Bonchev–Trinajstić information content (AvgIpc) is 2.68. The number of hydrogen-bond donors (Lipinski definition) is 2. The molecule has 1 aromatic carbocycles. The van der Waals surface area contributed by atoms with Gasteiger partial charge in [0.2, 0.25) is 0 Å². The van der Waals surface area contributed by atoms with E-state index in [1.807, 2.05) is 0 Å². The third-order valence-corrected chi connectivity index (χ3v) is 4.33. The largest absolute Gasteiger partial charge is 0.478 e. The molecule has 2 rings (SSSR count). The van der Waals surface area contributed by atoms with Crippen molar-refractivity contribution in [1.82, 2.24) is 4.57 Å². The van der Waals surface area contributed by atoms with Gasteiger partial charge in [-0.3, -0.25) is 4.79 Å². The van der Waals surface area contributed by atoms with Gasteiger partial charge in [0.05, 0.1) is 16.3 Å². The summed E-state index contributed by atoms with van der Waals surface area (Å²) in [6.45, 7) is 0. The number of anilines is 1. The predicted molar refractivity (Wildman–Crippen MR) is 84.5 cm³/mol. The number of carboxylic acid groups (broad SMARTS) is 1. The van der Waals surface area contributed by atoms with Crippen molar-refractivity contribution < 1.29 is 14.7 Å². The Hall–Kier alpha value is -1.50. The summed E-state index contributed by atoms with van der Waals surface area (Å²) in [5.74, 6) is -1.66. The van der Waals surface area contributed by atoms with E-state index in [1.54, 1.807) is 19.2 Å². The lowest BCUT2D eigenvalue weighted by atomic mass is 10.1. The molecule has 110 valence electrons. The molecule has 2 N–H and O–H groups in total. The maximum absolute atomic E-state index is 12.3. The number of halogens is 3. The van der Waals surface area contributed by atoms with Gasteiger partial charge in [-0.1, -0.05) is 29.3 Å². The van der Waals surface area contributed by atoms with Crippen molar-refractivity contribution in [3.63, 3.8) is 0 Å². The van der Waals surface area contributed by atoms with E-state index in [4.69, 9.17) is 28.3 Å². The van der Waals surface area contributed by atoms with Gasteiger partial charge in [-0.2, -0.15) is 0 Å². The molecule has 0 aliphatic heterocycles. The highest BCUT2D eigenvalue weighted by Gasteiger charge is 2.20. The first-order chi connectivity index (χ1) is 9.82. The Balaban J connectivity index is 2.40. The lowest BCUT2D eigenvalue weighted by molar-refractivity contribution is 0.0698. The first-order valence-electron chi connectivity index (χ1n) is 5.66. The van der Waals surface area contributed by atoms with Gasteiger partial charge in [-0.25, -0.2) is 4.79 Å². The number of aromatic carboxylic acids is 1. The van der Waals surface area contributed by atoms with Crippen molar-refractivity contribution >= 4 is 56.7 Å². The fourth-order valence-corrected chi connectivity index (χ4v) is 2.61. The molecule has 0 saturated carbocycles. The molecule has 0 atom stereocenters. The molecule has 0 spiro atoms. The zero-order valence-corrected chi connectivity index (χ0v) is 13.8. The minimum absolute atomic E-state index is 0.0240. The van der Waals surface area contributed by atoms with Crippen molar-refractivity contribution in [3.05, 3.63) is 50.2 Å². The van der Waals surface area contributed by atoms with Crippen molar-refractivity contribution in [1.29, 1.82) is 0 Å². The fourth-order valence-electron chi connectivity index (χ4n) is 1.77. The van der Waals surface area contributed by atoms with Gasteiger partial charge in [-0.15, -0.1) is 0 Å². The van der Waals surface area contributed by atoms with Gasteiger partial charge in [0.15, 0.2) is 0 Å². The van der Waals surface area contributed by atoms with Gasteiger partial charge >= 0.3 is 5.97 Å². The van der Waals surface area contributed by atoms with Crippen LogP contribution in [0.4, 0.5) is 5.69 Å². The number of carbonyl (C=O) groups excluding carboxylic acids is 1. The van der Waals surface area contributed by atoms with Crippen LogP contribution in [-0.2, 0) is 7.05 Å². The molecule has 0 saturated heterocycles. The normalized spacial score (nSPS) is 10.5. The highest BCUT2D eigenvalue weighted by atomic mass is 79.9. The quantitative estimate of drug-likeness (QED) is 0.829. The van der Waals surface area contributed by atoms with Crippen LogP contribution in [0.2, 0.25) is 10.2 Å². The number of amides is 1. The van der Waals surface area contributed by atoms with E-state index in [0.717, 1.165) is 0 Å². The van der Waals surface area contributed by atoms with Crippen molar-refractivity contribution in [3.8, 4) is 0 Å². The number of carboxylic acids is 1. The number of para-hydroxylation sites is 1. The summed E-state index contributed by atoms with van der Waals surface area (Å²) in [7, 11) is 1.58. The molecule has 5 nitrogen and oxygen atoms in total. The zero-order chi connectivity index (χ0) is 15.7. The Morgan fingerprint density at radius 1 is 1.33 bits per heavy atom. The van der Waals surface area contributed by atoms with E-state index in [2.05, 4.69) is 21.2 Å². The molecule has 1 aromatic heterocycles. The number of benzene rings is 1. The van der Waals surface area contributed by atoms with Crippen LogP contribution >= 0.6 is 39.1 Å². The van der Waals surface area contributed by atoms with Crippen molar-refractivity contribution in [2.75, 3.05) is 5.32 Å². The van der Waals surface area contributed by atoms with E-state index in [0.29, 0.717) is 4.47 Å². The summed E-state index contributed by atoms with van der Waals surface area (Å²) in [4.78, 5) is 23.5. The standard InChI is InChI=1S/C13H9BrCl2N2O3/c1-18-9(5-8(15)11(18)16)12(19)17-10-6(13(20)21)3-2-4-7(10)14/h2-5H,1H3,(H,17,19)(H,20,21).